The van der Waals surface area contributed by atoms with E-state index in [9.17, 15) is 44.4 Å². The molecule has 61 heavy (non-hydrogen) atoms. The number of carbonyl (C=O) groups excluding carboxylic acids is 5. The molecule has 6 rings (SSSR count). The van der Waals surface area contributed by atoms with Crippen molar-refractivity contribution in [2.45, 2.75) is 85.6 Å². The lowest BCUT2D eigenvalue weighted by Gasteiger charge is -2.38. The number of ketones is 3. The largest absolute Gasteiger partial charge is 0.507 e. The monoisotopic (exact) mass is 850 g/mol. The topological polar surface area (TPSA) is 234 Å². The molecule has 1 aliphatic carbocycles. The van der Waals surface area contributed by atoms with E-state index in [1.807, 2.05) is 4.90 Å². The Bertz CT molecular complexity index is 2070. The van der Waals surface area contributed by atoms with Crippen molar-refractivity contribution in [2.75, 3.05) is 46.4 Å². The molecular formula is C44H58N4O13. The quantitative estimate of drug-likeness (QED) is 0.205. The molecule has 4 aliphatic heterocycles. The Hall–Kier alpha value is -5.20. The first-order chi connectivity index (χ1) is 28.8. The number of phenols is 1. The van der Waals surface area contributed by atoms with Crippen LogP contribution >= 0.6 is 0 Å². The summed E-state index contributed by atoms with van der Waals surface area (Å²) in [6, 6.07) is 0. The fraction of sp³-hybridized carbons (Fsp3) is 0.545. The third-order valence-electron chi connectivity index (χ3n) is 12.1. The fourth-order valence-electron chi connectivity index (χ4n) is 8.20. The Kier molecular flexibility index (Phi) is 14.8. The number of aromatic hydroxyl groups is 1. The number of piperazine rings is 1. The van der Waals surface area contributed by atoms with Gasteiger partial charge in [0.15, 0.2) is 5.78 Å². The van der Waals surface area contributed by atoms with Crippen molar-refractivity contribution in [1.29, 1.82) is 0 Å². The number of methoxy groups -OCH3 is 1. The number of hydrogen-bond acceptors (Lipinski definition) is 16. The molecule has 5 bridgehead atoms. The summed E-state index contributed by atoms with van der Waals surface area (Å²) in [6.45, 7) is 14.8. The van der Waals surface area contributed by atoms with Crippen molar-refractivity contribution in [2.24, 2.45) is 28.8 Å². The molecule has 332 valence electrons. The summed E-state index contributed by atoms with van der Waals surface area (Å²) in [4.78, 5) is 71.7. The Morgan fingerprint density at radius 2 is 1.64 bits per heavy atom. The molecule has 4 heterocycles. The zero-order chi connectivity index (χ0) is 45.1. The number of esters is 1. The van der Waals surface area contributed by atoms with Crippen LogP contribution in [0.5, 0.6) is 11.5 Å². The molecule has 5 N–H and O–H groups in total. The molecule has 1 amide bonds. The molecule has 5 aliphatic rings. The molecule has 0 radical (unpaired) electrons. The number of benzene rings is 1. The van der Waals surface area contributed by atoms with Gasteiger partial charge >= 0.3 is 11.8 Å². The Labute approximate surface area is 355 Å². The zero-order valence-corrected chi connectivity index (χ0v) is 36.1. The summed E-state index contributed by atoms with van der Waals surface area (Å²) in [5.41, 5.74) is -1.97. The lowest BCUT2D eigenvalue weighted by Crippen LogP contribution is -2.46. The van der Waals surface area contributed by atoms with E-state index in [1.165, 1.54) is 47.0 Å². The number of fused-ring (bicyclic) bond motifs is 14. The Morgan fingerprint density at radius 1 is 0.967 bits per heavy atom. The highest BCUT2D eigenvalue weighted by Crippen LogP contribution is 2.48. The van der Waals surface area contributed by atoms with Gasteiger partial charge in [0.05, 0.1) is 59.7 Å². The fourth-order valence-corrected chi connectivity index (χ4v) is 8.20. The maximum absolute atomic E-state index is 14.7. The van der Waals surface area contributed by atoms with Crippen molar-refractivity contribution in [3.8, 4) is 11.5 Å². The van der Waals surface area contributed by atoms with Crippen molar-refractivity contribution < 1.29 is 63.3 Å². The molecular weight excluding hydrogens is 792 g/mol. The third-order valence-corrected chi connectivity index (χ3v) is 12.1. The van der Waals surface area contributed by atoms with Crippen molar-refractivity contribution >= 4 is 35.4 Å². The van der Waals surface area contributed by atoms with Crippen LogP contribution in [0, 0.1) is 30.6 Å². The van der Waals surface area contributed by atoms with Crippen molar-refractivity contribution in [3.05, 3.63) is 69.7 Å². The van der Waals surface area contributed by atoms with Gasteiger partial charge in [-0.2, -0.15) is 5.10 Å². The zero-order valence-electron chi connectivity index (χ0n) is 36.1. The van der Waals surface area contributed by atoms with Crippen LogP contribution in [0.4, 0.5) is 0 Å². The first-order valence-corrected chi connectivity index (χ1v) is 20.4. The number of β-amino-alcohol motifs (C(OH)–C–C–N with tert-alkyl or cyclic N) is 1. The average Bonchev–Trinajstić information content (AvgIpc) is 3.49. The molecule has 0 spiro atoms. The lowest BCUT2D eigenvalue weighted by molar-refractivity contribution is -0.160. The van der Waals surface area contributed by atoms with Gasteiger partial charge in [-0.3, -0.25) is 33.9 Å². The number of hydrazone groups is 1. The second kappa shape index (κ2) is 19.2. The Morgan fingerprint density at radius 3 is 2.26 bits per heavy atom. The minimum atomic E-state index is -2.11. The summed E-state index contributed by atoms with van der Waals surface area (Å²) in [5, 5.41) is 52.5. The minimum Gasteiger partial charge on any atom is -0.507 e. The van der Waals surface area contributed by atoms with E-state index < -0.39 is 106 Å². The van der Waals surface area contributed by atoms with Crippen molar-refractivity contribution in [3.63, 3.8) is 0 Å². The number of nitrogens with one attached hydrogen (secondary N) is 1. The van der Waals surface area contributed by atoms with E-state index in [4.69, 9.17) is 18.9 Å². The van der Waals surface area contributed by atoms with Gasteiger partial charge in [-0.25, -0.2) is 0 Å². The van der Waals surface area contributed by atoms with E-state index in [-0.39, 0.29) is 34.6 Å². The van der Waals surface area contributed by atoms with Crippen LogP contribution in [0.15, 0.2) is 52.5 Å². The van der Waals surface area contributed by atoms with Gasteiger partial charge in [-0.15, -0.1) is 0 Å². The number of aliphatic hydroxyl groups excluding tert-OH is 3. The first-order valence-electron chi connectivity index (χ1n) is 20.4. The molecule has 1 fully saturated rings. The highest BCUT2D eigenvalue weighted by Gasteiger charge is 2.52. The van der Waals surface area contributed by atoms with Gasteiger partial charge < -0.3 is 44.7 Å². The molecule has 0 saturated carbocycles. The van der Waals surface area contributed by atoms with Crippen LogP contribution < -0.4 is 10.1 Å². The molecule has 1 saturated heterocycles. The summed E-state index contributed by atoms with van der Waals surface area (Å²) in [5.74, 6) is -9.54. The standard InChI is InChI=1S/C44H58N4O13/c1-22-11-10-12-23(2)43(57)46-34-29(21-45-48-16-14-47(15-17-48)18-19-49)38(54)31-32(39(34)55)37(53)27(6)41-33(31)42(56)44(8,61-41)59-20-13-30(58-9)24(3)40(60-28(7)50)26(5)36(52)25(4)35(22)51/h10-13,20-22,24-26,30,35-36,40,49,51-53H,14-19H2,1-9H3,(H,46,57). The summed E-state index contributed by atoms with van der Waals surface area (Å²) < 4.78 is 23.5. The van der Waals surface area contributed by atoms with Crippen molar-refractivity contribution in [1.82, 2.24) is 15.2 Å². The number of hydrogen-bond donors (Lipinski definition) is 5. The minimum absolute atomic E-state index is 0.00700. The number of Topliss-reactive ketones (excluding diaryl/α,β-unsaturated/α-hetero) is 3. The van der Waals surface area contributed by atoms with Crippen LogP contribution in [0.2, 0.25) is 0 Å². The summed E-state index contributed by atoms with van der Waals surface area (Å²) in [7, 11) is 1.42. The number of aliphatic hydroxyl groups is 3. The number of rotatable bonds is 6. The van der Waals surface area contributed by atoms with Crippen LogP contribution in [-0.2, 0) is 23.8 Å². The van der Waals surface area contributed by atoms with E-state index in [2.05, 4.69) is 10.4 Å². The first kappa shape index (κ1) is 46.9. The number of amides is 1. The molecule has 9 atom stereocenters. The molecule has 0 aromatic heterocycles. The second-order valence-corrected chi connectivity index (χ2v) is 16.3. The summed E-state index contributed by atoms with van der Waals surface area (Å²) >= 11 is 0. The average molecular weight is 851 g/mol. The van der Waals surface area contributed by atoms with Gasteiger partial charge in [-0.05, 0) is 19.9 Å². The van der Waals surface area contributed by atoms with Gasteiger partial charge in [0.1, 0.15) is 23.3 Å². The molecule has 17 heteroatoms. The predicted molar refractivity (Wildman–Crippen MR) is 222 cm³/mol. The van der Waals surface area contributed by atoms with Crippen LogP contribution in [-0.4, -0.2) is 142 Å². The van der Waals surface area contributed by atoms with Gasteiger partial charge in [0.25, 0.3) is 11.7 Å². The highest BCUT2D eigenvalue weighted by molar-refractivity contribution is 6.37. The van der Waals surface area contributed by atoms with E-state index >= 15 is 0 Å². The number of carbonyl (C=O) groups is 5. The highest BCUT2D eigenvalue weighted by atomic mass is 16.7. The molecule has 1 aromatic rings. The maximum Gasteiger partial charge on any atom is 0.312 e. The normalized spacial score (nSPS) is 30.7. The maximum atomic E-state index is 14.7. The van der Waals surface area contributed by atoms with Gasteiger partial charge in [0, 0.05) is 88.5 Å². The van der Waals surface area contributed by atoms with E-state index in [0.717, 1.165) is 12.5 Å². The summed E-state index contributed by atoms with van der Waals surface area (Å²) in [6.07, 6.45) is 4.44. The number of nitrogens with zero attached hydrogens (tertiary/aromatic N) is 3. The molecule has 1 aromatic carbocycles. The Balaban J connectivity index is 1.64. The van der Waals surface area contributed by atoms with Crippen LogP contribution in [0.25, 0.3) is 0 Å². The SMILES string of the molecule is COC1C=COC2(C)Oc3c(C)c(O)c4c(c3C2=O)C(=O)C(C=NN2CCN(CCO)CC2)=C(NC(=O)C(C)=CC=CC(C)C(O)C(C)C(O)C(C)C(OC(C)=O)C1C)C4=O. The van der Waals surface area contributed by atoms with Gasteiger partial charge in [-0.1, -0.05) is 45.9 Å². The van der Waals surface area contributed by atoms with E-state index in [0.29, 0.717) is 32.7 Å². The number of phenolic OH excluding ortho intramolecular Hbond substituents is 1. The molecule has 9 unspecified atom stereocenters. The number of allylic oxidation sites excluding steroid dienone is 4. The third kappa shape index (κ3) is 9.50. The molecule has 17 nitrogen and oxygen atoms in total. The van der Waals surface area contributed by atoms with Crippen LogP contribution in [0.3, 0.4) is 0 Å². The smallest absolute Gasteiger partial charge is 0.312 e. The number of ether oxygens (including phenoxy) is 4. The predicted octanol–water partition coefficient (Wildman–Crippen LogP) is 2.60. The van der Waals surface area contributed by atoms with Gasteiger partial charge in [0.2, 0.25) is 5.78 Å². The second-order valence-electron chi connectivity index (χ2n) is 16.3. The van der Waals surface area contributed by atoms with Crippen LogP contribution in [0.1, 0.15) is 85.1 Å². The lowest BCUT2D eigenvalue weighted by atomic mass is 9.78. The van der Waals surface area contributed by atoms with E-state index in [1.54, 1.807) is 44.9 Å².